The molecular formula is C21H19F2N3O2. The zero-order valence-corrected chi connectivity index (χ0v) is 15.5. The van der Waals surface area contributed by atoms with Crippen LogP contribution in [-0.4, -0.2) is 28.3 Å². The van der Waals surface area contributed by atoms with Gasteiger partial charge in [-0.15, -0.1) is 0 Å². The van der Waals surface area contributed by atoms with Crippen molar-refractivity contribution in [2.75, 3.05) is 6.54 Å². The van der Waals surface area contributed by atoms with Crippen LogP contribution in [-0.2, 0) is 13.5 Å². The van der Waals surface area contributed by atoms with Gasteiger partial charge in [0.2, 0.25) is 0 Å². The first-order valence-electron chi connectivity index (χ1n) is 8.94. The molecule has 5 nitrogen and oxygen atoms in total. The number of hydrogen-bond acceptors (Lipinski definition) is 3. The van der Waals surface area contributed by atoms with Crippen LogP contribution in [0, 0.1) is 18.6 Å². The molecule has 0 aliphatic carbocycles. The molecule has 2 heterocycles. The summed E-state index contributed by atoms with van der Waals surface area (Å²) in [6.07, 6.45) is 1.72. The summed E-state index contributed by atoms with van der Waals surface area (Å²) in [5.74, 6) is -0.361. The fourth-order valence-corrected chi connectivity index (χ4v) is 3.43. The summed E-state index contributed by atoms with van der Waals surface area (Å²) in [5.41, 5.74) is 2.93. The highest BCUT2D eigenvalue weighted by Crippen LogP contribution is 2.40. The molecule has 0 bridgehead atoms. The Morgan fingerprint density at radius 1 is 1.29 bits per heavy atom. The number of aryl methyl sites for hydroxylation is 2. The Morgan fingerprint density at radius 2 is 2.11 bits per heavy atom. The third-order valence-corrected chi connectivity index (χ3v) is 4.88. The van der Waals surface area contributed by atoms with Crippen LogP contribution < -0.4 is 10.1 Å². The van der Waals surface area contributed by atoms with Crippen LogP contribution in [0.15, 0.2) is 42.6 Å². The second-order valence-electron chi connectivity index (χ2n) is 6.90. The minimum atomic E-state index is -0.376. The largest absolute Gasteiger partial charge is 0.487 e. The fourth-order valence-electron chi connectivity index (χ4n) is 3.43. The van der Waals surface area contributed by atoms with Crippen molar-refractivity contribution in [3.63, 3.8) is 0 Å². The number of nitrogens with one attached hydrogen (secondary N) is 1. The van der Waals surface area contributed by atoms with E-state index >= 15 is 0 Å². The number of carbonyl (C=O) groups is 1. The number of fused-ring (bicyclic) bond motifs is 1. The van der Waals surface area contributed by atoms with E-state index in [1.165, 1.54) is 22.9 Å². The van der Waals surface area contributed by atoms with Crippen molar-refractivity contribution in [3.05, 3.63) is 71.1 Å². The van der Waals surface area contributed by atoms with Crippen LogP contribution >= 0.6 is 0 Å². The van der Waals surface area contributed by atoms with Crippen molar-refractivity contribution in [2.24, 2.45) is 7.05 Å². The van der Waals surface area contributed by atoms with Crippen LogP contribution in [0.25, 0.3) is 11.1 Å². The van der Waals surface area contributed by atoms with Gasteiger partial charge in [0.05, 0.1) is 6.54 Å². The predicted octanol–water partition coefficient (Wildman–Crippen LogP) is 3.41. The number of carbonyl (C=O) groups excluding carboxylic acids is 1. The Labute approximate surface area is 160 Å². The van der Waals surface area contributed by atoms with E-state index in [2.05, 4.69) is 10.4 Å². The van der Waals surface area contributed by atoms with Gasteiger partial charge in [-0.2, -0.15) is 5.10 Å². The third-order valence-electron chi connectivity index (χ3n) is 4.88. The van der Waals surface area contributed by atoms with Crippen LogP contribution in [0.3, 0.4) is 0 Å². The second-order valence-corrected chi connectivity index (χ2v) is 6.90. The summed E-state index contributed by atoms with van der Waals surface area (Å²) in [6, 6.07) is 9.11. The predicted molar refractivity (Wildman–Crippen MR) is 100 cm³/mol. The molecule has 3 aromatic rings. The smallest absolute Gasteiger partial charge is 0.269 e. The Bertz CT molecular complexity index is 1060. The summed E-state index contributed by atoms with van der Waals surface area (Å²) in [7, 11) is 1.69. The number of hydrogen-bond donors (Lipinski definition) is 1. The van der Waals surface area contributed by atoms with Crippen molar-refractivity contribution in [3.8, 4) is 16.9 Å². The molecule has 7 heteroatoms. The fraction of sp³-hybridized carbons (Fsp3) is 0.238. The van der Waals surface area contributed by atoms with Crippen LogP contribution in [0.5, 0.6) is 5.75 Å². The van der Waals surface area contributed by atoms with Crippen molar-refractivity contribution in [1.29, 1.82) is 0 Å². The average Bonchev–Trinajstić information content (AvgIpc) is 3.27. The van der Waals surface area contributed by atoms with Gasteiger partial charge in [-0.05, 0) is 48.4 Å². The summed E-state index contributed by atoms with van der Waals surface area (Å²) >= 11 is 0. The maximum absolute atomic E-state index is 14.2. The number of halogens is 2. The summed E-state index contributed by atoms with van der Waals surface area (Å²) in [6.45, 7) is 1.94. The molecule has 1 atom stereocenters. The highest BCUT2D eigenvalue weighted by molar-refractivity contribution is 5.92. The molecule has 0 spiro atoms. The van der Waals surface area contributed by atoms with E-state index < -0.39 is 0 Å². The van der Waals surface area contributed by atoms with E-state index in [0.717, 1.165) is 5.56 Å². The maximum Gasteiger partial charge on any atom is 0.269 e. The first kappa shape index (κ1) is 18.2. The summed E-state index contributed by atoms with van der Waals surface area (Å²) in [5, 5.41) is 6.80. The number of ether oxygens (including phenoxy) is 1. The molecule has 0 radical (unpaired) electrons. The molecule has 1 aliphatic rings. The Morgan fingerprint density at radius 3 is 2.82 bits per heavy atom. The van der Waals surface area contributed by atoms with Gasteiger partial charge in [-0.1, -0.05) is 6.07 Å². The van der Waals surface area contributed by atoms with Crippen molar-refractivity contribution in [2.45, 2.75) is 19.4 Å². The Balaban J connectivity index is 1.54. The van der Waals surface area contributed by atoms with Crippen molar-refractivity contribution >= 4 is 5.91 Å². The van der Waals surface area contributed by atoms with E-state index in [4.69, 9.17) is 4.74 Å². The van der Waals surface area contributed by atoms with Crippen LogP contribution in [0.2, 0.25) is 0 Å². The second kappa shape index (κ2) is 7.07. The molecule has 28 heavy (non-hydrogen) atoms. The Hall–Kier alpha value is -3.22. The van der Waals surface area contributed by atoms with Gasteiger partial charge in [0, 0.05) is 30.8 Å². The molecule has 0 saturated carbocycles. The molecule has 144 valence electrons. The molecular weight excluding hydrogens is 364 g/mol. The number of nitrogens with zero attached hydrogens (tertiary/aromatic N) is 2. The topological polar surface area (TPSA) is 56.1 Å². The monoisotopic (exact) mass is 383 g/mol. The highest BCUT2D eigenvalue weighted by Gasteiger charge is 2.27. The molecule has 2 aromatic carbocycles. The lowest BCUT2D eigenvalue weighted by Crippen LogP contribution is -2.35. The lowest BCUT2D eigenvalue weighted by Gasteiger charge is -2.14. The van der Waals surface area contributed by atoms with E-state index in [9.17, 15) is 13.6 Å². The summed E-state index contributed by atoms with van der Waals surface area (Å²) < 4.78 is 35.3. The number of amides is 1. The lowest BCUT2D eigenvalue weighted by molar-refractivity contribution is 0.0924. The van der Waals surface area contributed by atoms with Crippen molar-refractivity contribution < 1.29 is 18.3 Å². The standard InChI is InChI=1S/C21H19F2N3O2/c1-12-7-13(3-4-18(12)23)17-10-15(22)8-14-9-16(28-20(14)17)11-24-21(27)19-5-6-25-26(19)2/h3-8,10,16H,9,11H2,1-2H3,(H,24,27)/t16-/m1/s1. The third kappa shape index (κ3) is 3.35. The van der Waals surface area contributed by atoms with Crippen LogP contribution in [0.4, 0.5) is 8.78 Å². The minimum Gasteiger partial charge on any atom is -0.487 e. The van der Waals surface area contributed by atoms with Crippen LogP contribution in [0.1, 0.15) is 21.6 Å². The first-order valence-corrected chi connectivity index (χ1v) is 8.94. The van der Waals surface area contributed by atoms with Gasteiger partial charge >= 0.3 is 0 Å². The lowest BCUT2D eigenvalue weighted by atomic mass is 9.99. The maximum atomic E-state index is 14.2. The quantitative estimate of drug-likeness (QED) is 0.751. The zero-order valence-electron chi connectivity index (χ0n) is 15.5. The van der Waals surface area contributed by atoms with E-state index in [1.54, 1.807) is 38.4 Å². The van der Waals surface area contributed by atoms with Gasteiger partial charge in [-0.3, -0.25) is 9.48 Å². The number of benzene rings is 2. The first-order chi connectivity index (χ1) is 13.4. The highest BCUT2D eigenvalue weighted by atomic mass is 19.1. The zero-order chi connectivity index (χ0) is 19.8. The minimum absolute atomic E-state index is 0.250. The SMILES string of the molecule is Cc1cc(-c2cc(F)cc3c2O[C@@H](CNC(=O)c2ccnn2C)C3)ccc1F. The van der Waals surface area contributed by atoms with E-state index in [0.29, 0.717) is 34.6 Å². The normalized spacial score (nSPS) is 15.2. The number of rotatable bonds is 4. The molecule has 0 unspecified atom stereocenters. The van der Waals surface area contributed by atoms with Crippen molar-refractivity contribution in [1.82, 2.24) is 15.1 Å². The van der Waals surface area contributed by atoms with Gasteiger partial charge in [0.15, 0.2) is 0 Å². The molecule has 1 aliphatic heterocycles. The average molecular weight is 383 g/mol. The molecule has 4 rings (SSSR count). The van der Waals surface area contributed by atoms with Gasteiger partial charge in [0.1, 0.15) is 29.2 Å². The Kier molecular flexibility index (Phi) is 4.58. The molecule has 1 aromatic heterocycles. The number of aromatic nitrogens is 2. The molecule has 1 N–H and O–H groups in total. The van der Waals surface area contributed by atoms with E-state index in [-0.39, 0.29) is 30.2 Å². The molecule has 1 amide bonds. The van der Waals surface area contributed by atoms with Gasteiger partial charge in [0.25, 0.3) is 5.91 Å². The van der Waals surface area contributed by atoms with E-state index in [1.807, 2.05) is 0 Å². The molecule has 0 fully saturated rings. The molecule has 0 saturated heterocycles. The summed E-state index contributed by atoms with van der Waals surface area (Å²) in [4.78, 5) is 12.2. The van der Waals surface area contributed by atoms with Gasteiger partial charge in [-0.25, -0.2) is 8.78 Å². The van der Waals surface area contributed by atoms with Gasteiger partial charge < -0.3 is 10.1 Å².